The van der Waals surface area contributed by atoms with Crippen LogP contribution in [0.25, 0.3) is 5.69 Å². The monoisotopic (exact) mass is 302 g/mol. The van der Waals surface area contributed by atoms with Gasteiger partial charge in [0.25, 0.3) is 5.91 Å². The van der Waals surface area contributed by atoms with E-state index in [0.717, 1.165) is 11.3 Å². The minimum Gasteiger partial charge on any atom is -0.481 e. The zero-order valence-electron chi connectivity index (χ0n) is 12.6. The Kier molecular flexibility index (Phi) is 4.88. The van der Waals surface area contributed by atoms with Gasteiger partial charge in [0.1, 0.15) is 0 Å². The summed E-state index contributed by atoms with van der Waals surface area (Å²) in [6.45, 7) is 2.34. The van der Waals surface area contributed by atoms with Gasteiger partial charge in [0.2, 0.25) is 0 Å². The normalized spacial score (nSPS) is 10.5. The second kappa shape index (κ2) is 6.84. The number of amides is 1. The lowest BCUT2D eigenvalue weighted by molar-refractivity contribution is -0.137. The van der Waals surface area contributed by atoms with Crippen molar-refractivity contribution in [2.75, 3.05) is 13.6 Å². The Morgan fingerprint density at radius 3 is 2.82 bits per heavy atom. The van der Waals surface area contributed by atoms with Crippen LogP contribution in [-0.2, 0) is 4.79 Å². The molecule has 7 heteroatoms. The van der Waals surface area contributed by atoms with E-state index in [9.17, 15) is 9.59 Å². The number of benzene rings is 1. The summed E-state index contributed by atoms with van der Waals surface area (Å²) < 4.78 is 1.55. The van der Waals surface area contributed by atoms with Crippen LogP contribution in [0.15, 0.2) is 30.5 Å². The molecule has 2 rings (SSSR count). The Bertz CT molecular complexity index is 681. The third kappa shape index (κ3) is 3.91. The quantitative estimate of drug-likeness (QED) is 0.874. The van der Waals surface area contributed by atoms with Gasteiger partial charge in [-0.1, -0.05) is 17.3 Å². The molecule has 0 fully saturated rings. The fourth-order valence-corrected chi connectivity index (χ4v) is 2.02. The third-order valence-corrected chi connectivity index (χ3v) is 3.21. The Hall–Kier alpha value is -2.70. The highest BCUT2D eigenvalue weighted by Gasteiger charge is 2.16. The van der Waals surface area contributed by atoms with Gasteiger partial charge in [-0.3, -0.25) is 9.59 Å². The highest BCUT2D eigenvalue weighted by atomic mass is 16.4. The fourth-order valence-electron chi connectivity index (χ4n) is 2.02. The average Bonchev–Trinajstić information content (AvgIpc) is 2.95. The summed E-state index contributed by atoms with van der Waals surface area (Å²) in [5, 5.41) is 16.5. The molecule has 0 aliphatic heterocycles. The standard InChI is InChI=1S/C15H18N4O3/c1-11-5-3-6-12(9-11)19-10-13(16-17-19)15(22)18(2)8-4-7-14(20)21/h3,5-6,9-10H,4,7-8H2,1-2H3,(H,20,21). The number of aromatic nitrogens is 3. The molecule has 0 atom stereocenters. The predicted molar refractivity (Wildman–Crippen MR) is 79.9 cm³/mol. The minimum atomic E-state index is -0.869. The van der Waals surface area contributed by atoms with Crippen molar-refractivity contribution in [3.63, 3.8) is 0 Å². The molecule has 22 heavy (non-hydrogen) atoms. The number of carbonyl (C=O) groups is 2. The summed E-state index contributed by atoms with van der Waals surface area (Å²) in [7, 11) is 1.62. The molecule has 2 aromatic rings. The minimum absolute atomic E-state index is 0.0353. The first kappa shape index (κ1) is 15.7. The molecule has 0 saturated carbocycles. The van der Waals surface area contributed by atoms with Crippen molar-refractivity contribution in [2.24, 2.45) is 0 Å². The number of carboxylic acids is 1. The lowest BCUT2D eigenvalue weighted by Gasteiger charge is -2.14. The van der Waals surface area contributed by atoms with Gasteiger partial charge in [0.05, 0.1) is 11.9 Å². The molecule has 0 spiro atoms. The van der Waals surface area contributed by atoms with Gasteiger partial charge in [-0.25, -0.2) is 4.68 Å². The lowest BCUT2D eigenvalue weighted by Crippen LogP contribution is -2.28. The largest absolute Gasteiger partial charge is 0.481 e. The van der Waals surface area contributed by atoms with Crippen molar-refractivity contribution in [1.82, 2.24) is 19.9 Å². The molecule has 1 N–H and O–H groups in total. The van der Waals surface area contributed by atoms with Crippen LogP contribution in [0.1, 0.15) is 28.9 Å². The molecular weight excluding hydrogens is 284 g/mol. The van der Waals surface area contributed by atoms with Crippen LogP contribution >= 0.6 is 0 Å². The number of aryl methyl sites for hydroxylation is 1. The van der Waals surface area contributed by atoms with Gasteiger partial charge in [-0.05, 0) is 31.0 Å². The lowest BCUT2D eigenvalue weighted by atomic mass is 10.2. The number of nitrogens with zero attached hydrogens (tertiary/aromatic N) is 4. The highest BCUT2D eigenvalue weighted by Crippen LogP contribution is 2.10. The van der Waals surface area contributed by atoms with Gasteiger partial charge in [0.15, 0.2) is 5.69 Å². The molecule has 116 valence electrons. The summed E-state index contributed by atoms with van der Waals surface area (Å²) in [6.07, 6.45) is 2.02. The van der Waals surface area contributed by atoms with Crippen molar-refractivity contribution in [1.29, 1.82) is 0 Å². The van der Waals surface area contributed by atoms with Crippen LogP contribution in [0.2, 0.25) is 0 Å². The van der Waals surface area contributed by atoms with Crippen molar-refractivity contribution < 1.29 is 14.7 Å². The van der Waals surface area contributed by atoms with E-state index >= 15 is 0 Å². The number of carboxylic acid groups (broad SMARTS) is 1. The van der Waals surface area contributed by atoms with Crippen molar-refractivity contribution in [3.05, 3.63) is 41.7 Å². The van der Waals surface area contributed by atoms with E-state index in [0.29, 0.717) is 13.0 Å². The molecule has 0 bridgehead atoms. The van der Waals surface area contributed by atoms with Crippen molar-refractivity contribution in [2.45, 2.75) is 19.8 Å². The number of rotatable bonds is 6. The summed E-state index contributed by atoms with van der Waals surface area (Å²) in [5.41, 5.74) is 2.16. The predicted octanol–water partition coefficient (Wildman–Crippen LogP) is 1.51. The van der Waals surface area contributed by atoms with Gasteiger partial charge >= 0.3 is 5.97 Å². The number of carbonyl (C=O) groups excluding carboxylic acids is 1. The summed E-state index contributed by atoms with van der Waals surface area (Å²) >= 11 is 0. The molecule has 1 aromatic carbocycles. The van der Waals surface area contributed by atoms with Crippen molar-refractivity contribution in [3.8, 4) is 5.69 Å². The van der Waals surface area contributed by atoms with Gasteiger partial charge in [-0.2, -0.15) is 0 Å². The van der Waals surface area contributed by atoms with E-state index < -0.39 is 5.97 Å². The maximum atomic E-state index is 12.2. The first-order chi connectivity index (χ1) is 10.5. The first-order valence-electron chi connectivity index (χ1n) is 6.94. The smallest absolute Gasteiger partial charge is 0.303 e. The maximum absolute atomic E-state index is 12.2. The van der Waals surface area contributed by atoms with E-state index in [2.05, 4.69) is 10.3 Å². The molecular formula is C15H18N4O3. The number of hydrogen-bond acceptors (Lipinski definition) is 4. The van der Waals surface area contributed by atoms with Crippen LogP contribution in [0.4, 0.5) is 0 Å². The van der Waals surface area contributed by atoms with Gasteiger partial charge in [0, 0.05) is 20.0 Å². The van der Waals surface area contributed by atoms with Crippen LogP contribution < -0.4 is 0 Å². The molecule has 0 radical (unpaired) electrons. The SMILES string of the molecule is Cc1cccc(-n2cc(C(=O)N(C)CCCC(=O)O)nn2)c1. The second-order valence-corrected chi connectivity index (χ2v) is 5.11. The number of hydrogen-bond donors (Lipinski definition) is 1. The summed E-state index contributed by atoms with van der Waals surface area (Å²) in [4.78, 5) is 24.1. The van der Waals surface area contributed by atoms with E-state index in [1.807, 2.05) is 31.2 Å². The summed E-state index contributed by atoms with van der Waals surface area (Å²) in [6, 6.07) is 7.71. The van der Waals surface area contributed by atoms with E-state index in [1.54, 1.807) is 17.9 Å². The fraction of sp³-hybridized carbons (Fsp3) is 0.333. The Balaban J connectivity index is 2.04. The van der Waals surface area contributed by atoms with Gasteiger partial charge in [-0.15, -0.1) is 5.10 Å². The molecule has 0 aliphatic carbocycles. The average molecular weight is 302 g/mol. The zero-order chi connectivity index (χ0) is 16.1. The van der Waals surface area contributed by atoms with Crippen molar-refractivity contribution >= 4 is 11.9 Å². The van der Waals surface area contributed by atoms with E-state index in [-0.39, 0.29) is 18.0 Å². The molecule has 1 aromatic heterocycles. The molecule has 0 unspecified atom stereocenters. The maximum Gasteiger partial charge on any atom is 0.303 e. The van der Waals surface area contributed by atoms with Crippen LogP contribution in [0.5, 0.6) is 0 Å². The Morgan fingerprint density at radius 1 is 1.36 bits per heavy atom. The molecule has 0 aliphatic rings. The van der Waals surface area contributed by atoms with E-state index in [1.165, 1.54) is 4.90 Å². The first-order valence-corrected chi connectivity index (χ1v) is 6.94. The topological polar surface area (TPSA) is 88.3 Å². The van der Waals surface area contributed by atoms with Crippen LogP contribution in [-0.4, -0.2) is 50.5 Å². The zero-order valence-corrected chi connectivity index (χ0v) is 12.6. The Morgan fingerprint density at radius 2 is 2.14 bits per heavy atom. The summed E-state index contributed by atoms with van der Waals surface area (Å²) in [5.74, 6) is -1.14. The van der Waals surface area contributed by atoms with Crippen LogP contribution in [0, 0.1) is 6.92 Å². The molecule has 0 saturated heterocycles. The van der Waals surface area contributed by atoms with Gasteiger partial charge < -0.3 is 10.0 Å². The van der Waals surface area contributed by atoms with Crippen LogP contribution in [0.3, 0.4) is 0 Å². The number of aliphatic carboxylic acids is 1. The van der Waals surface area contributed by atoms with E-state index in [4.69, 9.17) is 5.11 Å². The molecule has 1 heterocycles. The third-order valence-electron chi connectivity index (χ3n) is 3.21. The molecule has 7 nitrogen and oxygen atoms in total. The second-order valence-electron chi connectivity index (χ2n) is 5.11. The highest BCUT2D eigenvalue weighted by molar-refractivity contribution is 5.91. The Labute approximate surface area is 128 Å². The molecule has 1 amide bonds.